The highest BCUT2D eigenvalue weighted by Crippen LogP contribution is 2.13. The van der Waals surface area contributed by atoms with Crippen molar-refractivity contribution in [3.05, 3.63) is 6.92 Å². The van der Waals surface area contributed by atoms with Crippen LogP contribution in [0.3, 0.4) is 0 Å². The molecule has 0 N–H and O–H groups in total. The summed E-state index contributed by atoms with van der Waals surface area (Å²) < 4.78 is 0. The first-order valence-corrected chi connectivity index (χ1v) is 5.95. The van der Waals surface area contributed by atoms with Crippen LogP contribution >= 0.6 is 35.0 Å². The second kappa shape index (κ2) is 9.02. The van der Waals surface area contributed by atoms with E-state index < -0.39 is 0 Å². The summed E-state index contributed by atoms with van der Waals surface area (Å²) >= 11 is 13.0. The highest BCUT2D eigenvalue weighted by atomic mass is 35.5. The second-order valence-corrected chi connectivity index (χ2v) is 4.85. The molecule has 1 radical (unpaired) electrons. The van der Waals surface area contributed by atoms with Gasteiger partial charge in [-0.15, -0.1) is 23.2 Å². The number of thioether (sulfide) groups is 1. The minimum atomic E-state index is -0.171. The lowest BCUT2D eigenvalue weighted by Crippen LogP contribution is -1.88. The van der Waals surface area contributed by atoms with Crippen molar-refractivity contribution in [2.45, 2.75) is 30.5 Å². The van der Waals surface area contributed by atoms with Crippen molar-refractivity contribution < 1.29 is 0 Å². The fourth-order valence-electron chi connectivity index (χ4n) is 0.782. The Balaban J connectivity index is 2.80. The molecule has 11 heavy (non-hydrogen) atoms. The van der Waals surface area contributed by atoms with Crippen LogP contribution in [0, 0.1) is 6.92 Å². The van der Waals surface area contributed by atoms with E-state index in [0.717, 1.165) is 18.6 Å². The van der Waals surface area contributed by atoms with Crippen LogP contribution in [0.5, 0.6) is 0 Å². The quantitative estimate of drug-likeness (QED) is 0.457. The highest BCUT2D eigenvalue weighted by molar-refractivity contribution is 7.99. The highest BCUT2D eigenvalue weighted by Gasteiger charge is 1.97. The Morgan fingerprint density at radius 3 is 2.45 bits per heavy atom. The summed E-state index contributed by atoms with van der Waals surface area (Å²) in [4.78, 5) is -0.171. The molecular formula is C8H15Cl2S. The molecule has 0 aliphatic rings. The Kier molecular flexibility index (Phi) is 9.78. The summed E-state index contributed by atoms with van der Waals surface area (Å²) in [7, 11) is 0. The minimum absolute atomic E-state index is 0.171. The Morgan fingerprint density at radius 2 is 1.91 bits per heavy atom. The number of halogens is 2. The fourth-order valence-corrected chi connectivity index (χ4v) is 1.70. The maximum absolute atomic E-state index is 5.57. The maximum Gasteiger partial charge on any atom is 0.107 e. The molecule has 0 rings (SSSR count). The van der Waals surface area contributed by atoms with Crippen molar-refractivity contribution in [1.29, 1.82) is 0 Å². The topological polar surface area (TPSA) is 0 Å². The predicted molar refractivity (Wildman–Crippen MR) is 56.6 cm³/mol. The fraction of sp³-hybridized carbons (Fsp3) is 0.875. The summed E-state index contributed by atoms with van der Waals surface area (Å²) in [6, 6.07) is 0. The second-order valence-electron chi connectivity index (χ2n) is 2.35. The zero-order valence-corrected chi connectivity index (χ0v) is 9.02. The van der Waals surface area contributed by atoms with E-state index in [4.69, 9.17) is 23.2 Å². The lowest BCUT2D eigenvalue weighted by molar-refractivity contribution is 0.697. The molecule has 0 atom stereocenters. The molecule has 67 valence electrons. The summed E-state index contributed by atoms with van der Waals surface area (Å²) in [6.45, 7) is 3.75. The smallest absolute Gasteiger partial charge is 0.107 e. The standard InChI is InChI=1S/C8H15Cl2S/c1-2-11-7-5-3-4-6-8(9)10/h8H,1-7H2. The first-order chi connectivity index (χ1) is 5.27. The largest absolute Gasteiger partial charge is 0.162 e. The van der Waals surface area contributed by atoms with E-state index in [-0.39, 0.29) is 4.84 Å². The molecule has 0 aromatic carbocycles. The molecular weight excluding hydrogens is 199 g/mol. The zero-order chi connectivity index (χ0) is 8.53. The Morgan fingerprint density at radius 1 is 1.18 bits per heavy atom. The van der Waals surface area contributed by atoms with Gasteiger partial charge in [0.05, 0.1) is 0 Å². The Hall–Kier alpha value is 0.930. The summed E-state index contributed by atoms with van der Waals surface area (Å²) in [6.07, 6.45) is 4.58. The van der Waals surface area contributed by atoms with Gasteiger partial charge in [-0.3, -0.25) is 0 Å². The Labute approximate surface area is 84.0 Å². The van der Waals surface area contributed by atoms with Gasteiger partial charge in [0.25, 0.3) is 0 Å². The molecule has 0 saturated heterocycles. The summed E-state index contributed by atoms with van der Waals surface area (Å²) in [5.74, 6) is 2.20. The van der Waals surface area contributed by atoms with Crippen LogP contribution in [0.4, 0.5) is 0 Å². The number of rotatable bonds is 7. The van der Waals surface area contributed by atoms with Gasteiger partial charge in [-0.25, -0.2) is 0 Å². The van der Waals surface area contributed by atoms with E-state index in [2.05, 4.69) is 6.92 Å². The number of unbranched alkanes of at least 4 members (excludes halogenated alkanes) is 2. The van der Waals surface area contributed by atoms with Crippen LogP contribution < -0.4 is 0 Å². The molecule has 0 bridgehead atoms. The van der Waals surface area contributed by atoms with Gasteiger partial charge in [-0.1, -0.05) is 12.8 Å². The van der Waals surface area contributed by atoms with Crippen molar-refractivity contribution >= 4 is 35.0 Å². The SMILES string of the molecule is [CH2]CSCCCCCC(Cl)Cl. The average Bonchev–Trinajstić information content (AvgIpc) is 1.96. The van der Waals surface area contributed by atoms with E-state index in [0.29, 0.717) is 0 Å². The maximum atomic E-state index is 5.57. The van der Waals surface area contributed by atoms with Gasteiger partial charge in [0.1, 0.15) is 4.84 Å². The van der Waals surface area contributed by atoms with Crippen LogP contribution in [0.2, 0.25) is 0 Å². The number of alkyl halides is 2. The summed E-state index contributed by atoms with van der Waals surface area (Å²) in [5.41, 5.74) is 0. The van der Waals surface area contributed by atoms with E-state index in [1.54, 1.807) is 0 Å². The molecule has 0 amide bonds. The van der Waals surface area contributed by atoms with Gasteiger partial charge >= 0.3 is 0 Å². The predicted octanol–water partition coefficient (Wildman–Crippen LogP) is 3.92. The van der Waals surface area contributed by atoms with Crippen molar-refractivity contribution in [3.8, 4) is 0 Å². The molecule has 0 aliphatic heterocycles. The first kappa shape index (κ1) is 11.9. The molecule has 0 aromatic heterocycles. The molecule has 0 nitrogen and oxygen atoms in total. The van der Waals surface area contributed by atoms with Gasteiger partial charge in [-0.2, -0.15) is 11.8 Å². The van der Waals surface area contributed by atoms with Crippen molar-refractivity contribution in [3.63, 3.8) is 0 Å². The van der Waals surface area contributed by atoms with Gasteiger partial charge in [0.2, 0.25) is 0 Å². The van der Waals surface area contributed by atoms with E-state index in [1.807, 2.05) is 11.8 Å². The number of hydrogen-bond acceptors (Lipinski definition) is 1. The minimum Gasteiger partial charge on any atom is -0.162 e. The van der Waals surface area contributed by atoms with Crippen LogP contribution in [0.15, 0.2) is 0 Å². The lowest BCUT2D eigenvalue weighted by Gasteiger charge is -2.00. The van der Waals surface area contributed by atoms with Gasteiger partial charge < -0.3 is 0 Å². The van der Waals surface area contributed by atoms with Crippen LogP contribution in [-0.4, -0.2) is 16.3 Å². The van der Waals surface area contributed by atoms with E-state index in [9.17, 15) is 0 Å². The van der Waals surface area contributed by atoms with Crippen LogP contribution in [-0.2, 0) is 0 Å². The molecule has 0 aliphatic carbocycles. The van der Waals surface area contributed by atoms with E-state index in [1.165, 1.54) is 18.6 Å². The zero-order valence-electron chi connectivity index (χ0n) is 6.69. The van der Waals surface area contributed by atoms with Crippen molar-refractivity contribution in [2.24, 2.45) is 0 Å². The summed E-state index contributed by atoms with van der Waals surface area (Å²) in [5, 5.41) is 0. The van der Waals surface area contributed by atoms with Crippen LogP contribution in [0.1, 0.15) is 25.7 Å². The molecule has 0 heterocycles. The third-order valence-electron chi connectivity index (χ3n) is 1.36. The normalized spacial score (nSPS) is 10.9. The molecule has 0 spiro atoms. The molecule has 0 aromatic rings. The van der Waals surface area contributed by atoms with Crippen LogP contribution in [0.25, 0.3) is 0 Å². The Bertz CT molecular complexity index is 76.5. The molecule has 0 unspecified atom stereocenters. The van der Waals surface area contributed by atoms with Gasteiger partial charge in [0.15, 0.2) is 0 Å². The molecule has 3 heteroatoms. The van der Waals surface area contributed by atoms with Gasteiger partial charge in [-0.05, 0) is 31.3 Å². The third-order valence-corrected chi connectivity index (χ3v) is 2.66. The third kappa shape index (κ3) is 10.9. The van der Waals surface area contributed by atoms with E-state index >= 15 is 0 Å². The van der Waals surface area contributed by atoms with Crippen molar-refractivity contribution in [2.75, 3.05) is 11.5 Å². The van der Waals surface area contributed by atoms with Crippen molar-refractivity contribution in [1.82, 2.24) is 0 Å². The van der Waals surface area contributed by atoms with Gasteiger partial charge in [0, 0.05) is 0 Å². The molecule has 0 fully saturated rings. The monoisotopic (exact) mass is 213 g/mol. The molecule has 0 saturated carbocycles. The average molecular weight is 214 g/mol. The number of hydrogen-bond donors (Lipinski definition) is 0. The first-order valence-electron chi connectivity index (χ1n) is 3.92. The lowest BCUT2D eigenvalue weighted by atomic mass is 10.2.